The maximum absolute atomic E-state index is 3.90. The first-order valence-corrected chi connectivity index (χ1v) is 3.53. The minimum Gasteiger partial charge on any atom is -0.0956 e. The molecule has 0 heteroatoms. The summed E-state index contributed by atoms with van der Waals surface area (Å²) in [6, 6.07) is 0. The Bertz CT molecular complexity index is 107. The number of rotatable bonds is 3. The second-order valence-corrected chi connectivity index (χ2v) is 2.54. The van der Waals surface area contributed by atoms with Crippen molar-refractivity contribution in [2.75, 3.05) is 0 Å². The highest BCUT2D eigenvalue weighted by atomic mass is 14.0. The van der Waals surface area contributed by atoms with Crippen molar-refractivity contribution in [2.45, 2.75) is 27.2 Å². The molecular weight excluding hydrogens is 108 g/mol. The molecule has 0 radical (unpaired) electrons. The lowest BCUT2D eigenvalue weighted by Gasteiger charge is -2.01. The first-order chi connectivity index (χ1) is 4.18. The molecule has 0 aromatic rings. The molecule has 0 fully saturated rings. The maximum Gasteiger partial charge on any atom is -0.0225 e. The Kier molecular flexibility index (Phi) is 4.12. The Labute approximate surface area is 58.3 Å². The van der Waals surface area contributed by atoms with Crippen LogP contribution in [0.5, 0.6) is 0 Å². The third-order valence-electron chi connectivity index (χ3n) is 1.31. The van der Waals surface area contributed by atoms with Gasteiger partial charge in [0.2, 0.25) is 0 Å². The maximum atomic E-state index is 3.90. The predicted molar refractivity (Wildman–Crippen MR) is 43.4 cm³/mol. The molecule has 52 valence electrons. The molecular formula is C9H16. The fourth-order valence-electron chi connectivity index (χ4n) is 0.462. The summed E-state index contributed by atoms with van der Waals surface area (Å²) in [7, 11) is 0. The molecule has 0 atom stereocenters. The van der Waals surface area contributed by atoms with Gasteiger partial charge in [0.25, 0.3) is 0 Å². The van der Waals surface area contributed by atoms with E-state index in [9.17, 15) is 0 Å². The largest absolute Gasteiger partial charge is 0.0956 e. The SMILES string of the molecule is C=C(C=CCC)C(C)C. The van der Waals surface area contributed by atoms with Gasteiger partial charge in [-0.05, 0) is 12.3 Å². The van der Waals surface area contributed by atoms with Crippen molar-refractivity contribution in [3.63, 3.8) is 0 Å². The standard InChI is InChI=1S/C9H16/c1-5-6-7-9(4)8(2)3/h6-8H,4-5H2,1-3H3. The first kappa shape index (κ1) is 8.48. The van der Waals surface area contributed by atoms with Crippen LogP contribution >= 0.6 is 0 Å². The van der Waals surface area contributed by atoms with Gasteiger partial charge < -0.3 is 0 Å². The predicted octanol–water partition coefficient (Wildman–Crippen LogP) is 3.16. The minimum absolute atomic E-state index is 0.591. The Hall–Kier alpha value is -0.520. The van der Waals surface area contributed by atoms with Gasteiger partial charge in [-0.15, -0.1) is 0 Å². The molecule has 0 rings (SSSR count). The summed E-state index contributed by atoms with van der Waals surface area (Å²) in [5, 5.41) is 0. The van der Waals surface area contributed by atoms with Crippen LogP contribution in [0.2, 0.25) is 0 Å². The van der Waals surface area contributed by atoms with Gasteiger partial charge in [-0.25, -0.2) is 0 Å². The van der Waals surface area contributed by atoms with Crippen LogP contribution in [0.15, 0.2) is 24.3 Å². The molecule has 0 spiro atoms. The Morgan fingerprint density at radius 1 is 1.56 bits per heavy atom. The van der Waals surface area contributed by atoms with Crippen LogP contribution < -0.4 is 0 Å². The van der Waals surface area contributed by atoms with Crippen molar-refractivity contribution in [1.82, 2.24) is 0 Å². The molecule has 0 nitrogen and oxygen atoms in total. The molecule has 0 N–H and O–H groups in total. The third-order valence-corrected chi connectivity index (χ3v) is 1.31. The van der Waals surface area contributed by atoms with Gasteiger partial charge in [-0.1, -0.05) is 45.1 Å². The van der Waals surface area contributed by atoms with Gasteiger partial charge in [0.1, 0.15) is 0 Å². The second-order valence-electron chi connectivity index (χ2n) is 2.54. The van der Waals surface area contributed by atoms with Crippen LogP contribution in [0, 0.1) is 5.92 Å². The lowest BCUT2D eigenvalue weighted by atomic mass is 10.1. The summed E-state index contributed by atoms with van der Waals surface area (Å²) >= 11 is 0. The molecule has 0 aliphatic rings. The van der Waals surface area contributed by atoms with Crippen molar-refractivity contribution in [3.8, 4) is 0 Å². The van der Waals surface area contributed by atoms with Crippen LogP contribution in [0.3, 0.4) is 0 Å². The Morgan fingerprint density at radius 2 is 2.11 bits per heavy atom. The van der Waals surface area contributed by atoms with E-state index in [1.54, 1.807) is 0 Å². The molecule has 0 unspecified atom stereocenters. The van der Waals surface area contributed by atoms with E-state index >= 15 is 0 Å². The second kappa shape index (κ2) is 4.37. The molecule has 0 aliphatic heterocycles. The lowest BCUT2D eigenvalue weighted by Crippen LogP contribution is -1.86. The monoisotopic (exact) mass is 124 g/mol. The van der Waals surface area contributed by atoms with E-state index in [0.29, 0.717) is 5.92 Å². The molecule has 0 saturated carbocycles. The Morgan fingerprint density at radius 3 is 2.44 bits per heavy atom. The van der Waals surface area contributed by atoms with Crippen LogP contribution in [-0.2, 0) is 0 Å². The third kappa shape index (κ3) is 4.01. The summed E-state index contributed by atoms with van der Waals surface area (Å²) < 4.78 is 0. The summed E-state index contributed by atoms with van der Waals surface area (Å²) in [4.78, 5) is 0. The quantitative estimate of drug-likeness (QED) is 0.507. The highest BCUT2D eigenvalue weighted by Crippen LogP contribution is 2.07. The van der Waals surface area contributed by atoms with Gasteiger partial charge in [-0.3, -0.25) is 0 Å². The summed E-state index contributed by atoms with van der Waals surface area (Å²) in [5.41, 5.74) is 1.22. The summed E-state index contributed by atoms with van der Waals surface area (Å²) in [6.07, 6.45) is 5.35. The zero-order valence-corrected chi connectivity index (χ0v) is 6.65. The van der Waals surface area contributed by atoms with Crippen molar-refractivity contribution in [3.05, 3.63) is 24.3 Å². The average molecular weight is 124 g/mol. The van der Waals surface area contributed by atoms with Crippen molar-refractivity contribution >= 4 is 0 Å². The molecule has 0 amide bonds. The van der Waals surface area contributed by atoms with E-state index in [1.165, 1.54) is 5.57 Å². The number of hydrogen-bond donors (Lipinski definition) is 0. The van der Waals surface area contributed by atoms with E-state index in [-0.39, 0.29) is 0 Å². The van der Waals surface area contributed by atoms with E-state index < -0.39 is 0 Å². The average Bonchev–Trinajstić information content (AvgIpc) is 1.82. The highest BCUT2D eigenvalue weighted by Gasteiger charge is 1.92. The summed E-state index contributed by atoms with van der Waals surface area (Å²) in [5.74, 6) is 0.591. The molecule has 0 aromatic carbocycles. The van der Waals surface area contributed by atoms with E-state index in [4.69, 9.17) is 0 Å². The molecule has 0 aliphatic carbocycles. The zero-order chi connectivity index (χ0) is 7.28. The molecule has 0 aromatic heterocycles. The number of hydrogen-bond acceptors (Lipinski definition) is 0. The van der Waals surface area contributed by atoms with Gasteiger partial charge in [-0.2, -0.15) is 0 Å². The topological polar surface area (TPSA) is 0 Å². The molecule has 0 heterocycles. The van der Waals surface area contributed by atoms with Crippen molar-refractivity contribution in [1.29, 1.82) is 0 Å². The smallest absolute Gasteiger partial charge is 0.0225 e. The van der Waals surface area contributed by atoms with Crippen LogP contribution in [-0.4, -0.2) is 0 Å². The van der Waals surface area contributed by atoms with E-state index in [1.807, 2.05) is 0 Å². The zero-order valence-electron chi connectivity index (χ0n) is 6.65. The number of allylic oxidation sites excluding steroid dienone is 3. The van der Waals surface area contributed by atoms with E-state index in [2.05, 4.69) is 39.5 Å². The van der Waals surface area contributed by atoms with Crippen LogP contribution in [0.4, 0.5) is 0 Å². The normalized spacial score (nSPS) is 11.1. The fraction of sp³-hybridized carbons (Fsp3) is 0.556. The van der Waals surface area contributed by atoms with Gasteiger partial charge >= 0.3 is 0 Å². The molecule has 0 bridgehead atoms. The van der Waals surface area contributed by atoms with Crippen LogP contribution in [0.25, 0.3) is 0 Å². The fourth-order valence-corrected chi connectivity index (χ4v) is 0.462. The lowest BCUT2D eigenvalue weighted by molar-refractivity contribution is 0.794. The van der Waals surface area contributed by atoms with Crippen molar-refractivity contribution < 1.29 is 0 Å². The first-order valence-electron chi connectivity index (χ1n) is 3.53. The molecule has 9 heavy (non-hydrogen) atoms. The molecule has 0 saturated heterocycles. The minimum atomic E-state index is 0.591. The van der Waals surface area contributed by atoms with E-state index in [0.717, 1.165) is 6.42 Å². The Balaban J connectivity index is 3.63. The van der Waals surface area contributed by atoms with Gasteiger partial charge in [0.15, 0.2) is 0 Å². The highest BCUT2D eigenvalue weighted by molar-refractivity contribution is 5.15. The van der Waals surface area contributed by atoms with Crippen LogP contribution in [0.1, 0.15) is 27.2 Å². The van der Waals surface area contributed by atoms with Gasteiger partial charge in [0, 0.05) is 0 Å². The van der Waals surface area contributed by atoms with Gasteiger partial charge in [0.05, 0.1) is 0 Å². The van der Waals surface area contributed by atoms with Crippen molar-refractivity contribution in [2.24, 2.45) is 5.92 Å². The summed E-state index contributed by atoms with van der Waals surface area (Å²) in [6.45, 7) is 10.3.